The van der Waals surface area contributed by atoms with Crippen LogP contribution < -0.4 is 5.32 Å². The third-order valence-electron chi connectivity index (χ3n) is 2.82. The van der Waals surface area contributed by atoms with Crippen LogP contribution in [0.3, 0.4) is 0 Å². The third-order valence-corrected chi connectivity index (χ3v) is 4.22. The smallest absolute Gasteiger partial charge is 0.307 e. The Balaban J connectivity index is 2.47. The van der Waals surface area contributed by atoms with Crippen LogP contribution in [-0.2, 0) is 19.1 Å². The number of amides is 2. The zero-order chi connectivity index (χ0) is 13.8. The number of hydrogen-bond donors (Lipinski definition) is 1. The van der Waals surface area contributed by atoms with Gasteiger partial charge in [-0.2, -0.15) is 0 Å². The number of rotatable bonds is 5. The van der Waals surface area contributed by atoms with Crippen molar-refractivity contribution < 1.29 is 19.1 Å². The van der Waals surface area contributed by atoms with E-state index in [1.165, 1.54) is 12.0 Å². The van der Waals surface area contributed by atoms with E-state index in [0.29, 0.717) is 12.2 Å². The maximum Gasteiger partial charge on any atom is 0.307 e. The zero-order valence-corrected chi connectivity index (χ0v) is 11.6. The fourth-order valence-corrected chi connectivity index (χ4v) is 2.92. The highest BCUT2D eigenvalue weighted by Gasteiger charge is 2.42. The molecular weight excluding hydrogens is 256 g/mol. The van der Waals surface area contributed by atoms with Gasteiger partial charge in [-0.15, -0.1) is 11.8 Å². The lowest BCUT2D eigenvalue weighted by Crippen LogP contribution is -2.49. The van der Waals surface area contributed by atoms with E-state index in [9.17, 15) is 14.4 Å². The maximum atomic E-state index is 11.9. The highest BCUT2D eigenvalue weighted by molar-refractivity contribution is 8.00. The van der Waals surface area contributed by atoms with Gasteiger partial charge in [-0.05, 0) is 13.8 Å². The molecule has 0 bridgehead atoms. The highest BCUT2D eigenvalue weighted by Crippen LogP contribution is 2.37. The molecule has 0 aromatic carbocycles. The second-order valence-corrected chi connectivity index (χ2v) is 6.02. The number of carbonyl (C=O) groups is 3. The Morgan fingerprint density at radius 3 is 2.78 bits per heavy atom. The Bertz CT molecular complexity index is 346. The fourth-order valence-electron chi connectivity index (χ4n) is 1.72. The molecule has 1 aliphatic rings. The summed E-state index contributed by atoms with van der Waals surface area (Å²) in [5, 5.41) is 2.64. The van der Waals surface area contributed by atoms with Crippen molar-refractivity contribution in [2.45, 2.75) is 31.2 Å². The summed E-state index contributed by atoms with van der Waals surface area (Å²) in [5.74, 6) is -0.0387. The van der Waals surface area contributed by atoms with Crippen LogP contribution in [0, 0.1) is 0 Å². The van der Waals surface area contributed by atoms with E-state index < -0.39 is 6.04 Å². The molecule has 0 spiro atoms. The van der Waals surface area contributed by atoms with E-state index in [2.05, 4.69) is 10.1 Å². The van der Waals surface area contributed by atoms with Gasteiger partial charge in [-0.3, -0.25) is 14.4 Å². The van der Waals surface area contributed by atoms with Crippen LogP contribution in [0.5, 0.6) is 0 Å². The molecule has 6 nitrogen and oxygen atoms in total. The van der Waals surface area contributed by atoms with Crippen LogP contribution in [0.15, 0.2) is 0 Å². The Labute approximate surface area is 110 Å². The fraction of sp³-hybridized carbons (Fsp3) is 0.727. The Morgan fingerprint density at radius 2 is 2.22 bits per heavy atom. The minimum atomic E-state index is -0.472. The molecular formula is C11H18N2O4S. The van der Waals surface area contributed by atoms with Crippen LogP contribution in [0.4, 0.5) is 0 Å². The van der Waals surface area contributed by atoms with Crippen LogP contribution in [0.2, 0.25) is 0 Å². The number of hydrogen-bond acceptors (Lipinski definition) is 5. The van der Waals surface area contributed by atoms with Crippen molar-refractivity contribution >= 4 is 30.0 Å². The van der Waals surface area contributed by atoms with Crippen LogP contribution in [0.1, 0.15) is 20.3 Å². The number of nitrogens with zero attached hydrogens (tertiary/aromatic N) is 1. The van der Waals surface area contributed by atoms with E-state index in [-0.39, 0.29) is 29.7 Å². The normalized spacial score (nSPS) is 21.5. The standard InChI is InChI=1S/C11H18N2O4S/c1-11(2)13(7-14)8(6-18-11)10(16)12-5-4-9(15)17-3/h7-8H,4-6H2,1-3H3,(H,12,16). The number of nitrogens with one attached hydrogen (secondary N) is 1. The summed E-state index contributed by atoms with van der Waals surface area (Å²) in [6, 6.07) is -0.472. The molecule has 1 fully saturated rings. The average molecular weight is 274 g/mol. The second-order valence-electron chi connectivity index (χ2n) is 4.40. The van der Waals surface area contributed by atoms with E-state index in [1.54, 1.807) is 11.8 Å². The van der Waals surface area contributed by atoms with Gasteiger partial charge in [0.05, 0.1) is 18.4 Å². The van der Waals surface area contributed by atoms with Crippen molar-refractivity contribution in [3.05, 3.63) is 0 Å². The summed E-state index contributed by atoms with van der Waals surface area (Å²) in [5.41, 5.74) is 0. The molecule has 1 aliphatic heterocycles. The lowest BCUT2D eigenvalue weighted by molar-refractivity contribution is -0.140. The van der Waals surface area contributed by atoms with Gasteiger partial charge >= 0.3 is 5.97 Å². The molecule has 0 radical (unpaired) electrons. The number of esters is 1. The first-order valence-corrected chi connectivity index (χ1v) is 6.63. The van der Waals surface area contributed by atoms with E-state index in [0.717, 1.165) is 0 Å². The van der Waals surface area contributed by atoms with Gasteiger partial charge in [-0.25, -0.2) is 0 Å². The lowest BCUT2D eigenvalue weighted by atomic mass is 10.2. The topological polar surface area (TPSA) is 75.7 Å². The first-order valence-electron chi connectivity index (χ1n) is 5.64. The Hall–Kier alpha value is -1.24. The van der Waals surface area contributed by atoms with Crippen molar-refractivity contribution in [3.8, 4) is 0 Å². The minimum absolute atomic E-state index is 0.132. The minimum Gasteiger partial charge on any atom is -0.469 e. The zero-order valence-electron chi connectivity index (χ0n) is 10.8. The molecule has 1 unspecified atom stereocenters. The van der Waals surface area contributed by atoms with Gasteiger partial charge in [0.1, 0.15) is 6.04 Å². The predicted octanol–water partition coefficient (Wildman–Crippen LogP) is -0.0244. The van der Waals surface area contributed by atoms with Gasteiger partial charge < -0.3 is 15.0 Å². The van der Waals surface area contributed by atoms with Crippen molar-refractivity contribution in [3.63, 3.8) is 0 Å². The molecule has 1 heterocycles. The molecule has 18 heavy (non-hydrogen) atoms. The summed E-state index contributed by atoms with van der Waals surface area (Å²) in [7, 11) is 1.30. The molecule has 1 rings (SSSR count). The van der Waals surface area contributed by atoms with Crippen molar-refractivity contribution in [1.82, 2.24) is 10.2 Å². The van der Waals surface area contributed by atoms with Crippen LogP contribution >= 0.6 is 11.8 Å². The van der Waals surface area contributed by atoms with Crippen molar-refractivity contribution in [2.24, 2.45) is 0 Å². The number of methoxy groups -OCH3 is 1. The first-order chi connectivity index (χ1) is 8.42. The second kappa shape index (κ2) is 6.08. The number of ether oxygens (including phenoxy) is 1. The molecule has 7 heteroatoms. The van der Waals surface area contributed by atoms with E-state index >= 15 is 0 Å². The Kier molecular flexibility index (Phi) is 5.01. The molecule has 1 N–H and O–H groups in total. The summed E-state index contributed by atoms with van der Waals surface area (Å²) < 4.78 is 4.47. The predicted molar refractivity (Wildman–Crippen MR) is 67.9 cm³/mol. The van der Waals surface area contributed by atoms with Gasteiger partial charge in [0.25, 0.3) is 0 Å². The molecule has 102 valence electrons. The van der Waals surface area contributed by atoms with Gasteiger partial charge in [0.15, 0.2) is 0 Å². The van der Waals surface area contributed by atoms with Gasteiger partial charge in [0, 0.05) is 12.3 Å². The van der Waals surface area contributed by atoms with Crippen LogP contribution in [0.25, 0.3) is 0 Å². The summed E-state index contributed by atoms with van der Waals surface area (Å²) >= 11 is 1.56. The average Bonchev–Trinajstić information content (AvgIpc) is 2.63. The summed E-state index contributed by atoms with van der Waals surface area (Å²) in [6.07, 6.45) is 0.830. The monoisotopic (exact) mass is 274 g/mol. The van der Waals surface area contributed by atoms with Gasteiger partial charge in [0.2, 0.25) is 12.3 Å². The molecule has 2 amide bonds. The summed E-state index contributed by atoms with van der Waals surface area (Å²) in [6.45, 7) is 4.02. The third kappa shape index (κ3) is 3.38. The molecule has 1 saturated heterocycles. The van der Waals surface area contributed by atoms with Crippen molar-refractivity contribution in [2.75, 3.05) is 19.4 Å². The molecule has 1 atom stereocenters. The quantitative estimate of drug-likeness (QED) is 0.563. The first kappa shape index (κ1) is 14.8. The van der Waals surface area contributed by atoms with Crippen molar-refractivity contribution in [1.29, 1.82) is 0 Å². The molecule has 0 aliphatic carbocycles. The Morgan fingerprint density at radius 1 is 1.56 bits per heavy atom. The van der Waals surface area contributed by atoms with E-state index in [1.807, 2.05) is 13.8 Å². The molecule has 0 aromatic heterocycles. The maximum absolute atomic E-state index is 11.9. The molecule has 0 aromatic rings. The van der Waals surface area contributed by atoms with Crippen LogP contribution in [-0.4, -0.2) is 53.5 Å². The highest BCUT2D eigenvalue weighted by atomic mass is 32.2. The number of thioether (sulfide) groups is 1. The number of carbonyl (C=O) groups excluding carboxylic acids is 3. The largest absolute Gasteiger partial charge is 0.469 e. The lowest BCUT2D eigenvalue weighted by Gasteiger charge is -2.30. The summed E-state index contributed by atoms with van der Waals surface area (Å²) in [4.78, 5) is 34.9. The van der Waals surface area contributed by atoms with E-state index in [4.69, 9.17) is 0 Å². The SMILES string of the molecule is COC(=O)CCNC(=O)C1CSC(C)(C)N1C=O. The molecule has 0 saturated carbocycles. The van der Waals surface area contributed by atoms with Gasteiger partial charge in [-0.1, -0.05) is 0 Å².